The molecule has 2 saturated heterocycles. The minimum atomic E-state index is 0.341. The summed E-state index contributed by atoms with van der Waals surface area (Å²) in [5.41, 5.74) is 1.37. The van der Waals surface area contributed by atoms with Gasteiger partial charge in [-0.1, -0.05) is 6.07 Å². The van der Waals surface area contributed by atoms with Gasteiger partial charge < -0.3 is 14.8 Å². The number of hydrogen-bond donors (Lipinski definition) is 1. The van der Waals surface area contributed by atoms with Gasteiger partial charge in [-0.05, 0) is 55.2 Å². The first-order valence-electron chi connectivity index (χ1n) is 7.50. The molecule has 3 rings (SSSR count). The van der Waals surface area contributed by atoms with E-state index in [4.69, 9.17) is 9.47 Å². The second-order valence-electron chi connectivity index (χ2n) is 5.56. The largest absolute Gasteiger partial charge is 0.493 e. The van der Waals surface area contributed by atoms with E-state index in [1.54, 1.807) is 7.11 Å². The summed E-state index contributed by atoms with van der Waals surface area (Å²) in [6.45, 7) is 2.22. The fourth-order valence-corrected chi connectivity index (χ4v) is 4.05. The molecular formula is C16H23NO2S. The zero-order valence-electron chi connectivity index (χ0n) is 12.1. The fourth-order valence-electron chi connectivity index (χ4n) is 2.96. The topological polar surface area (TPSA) is 30.5 Å². The van der Waals surface area contributed by atoms with Crippen molar-refractivity contribution >= 4 is 11.8 Å². The van der Waals surface area contributed by atoms with Crippen LogP contribution >= 0.6 is 11.8 Å². The van der Waals surface area contributed by atoms with E-state index in [-0.39, 0.29) is 0 Å². The van der Waals surface area contributed by atoms with E-state index < -0.39 is 0 Å². The van der Waals surface area contributed by atoms with E-state index in [2.05, 4.69) is 23.5 Å². The average molecular weight is 293 g/mol. The van der Waals surface area contributed by atoms with Gasteiger partial charge in [0.25, 0.3) is 0 Å². The Morgan fingerprint density at radius 2 is 2.20 bits per heavy atom. The van der Waals surface area contributed by atoms with E-state index in [1.807, 2.05) is 11.8 Å². The van der Waals surface area contributed by atoms with Crippen LogP contribution in [0, 0.1) is 0 Å². The normalized spacial score (nSPS) is 26.4. The zero-order valence-corrected chi connectivity index (χ0v) is 12.9. The smallest absolute Gasteiger partial charge is 0.161 e. The first-order chi connectivity index (χ1) is 9.86. The van der Waals surface area contributed by atoms with Crippen molar-refractivity contribution in [1.29, 1.82) is 0 Å². The number of nitrogens with one attached hydrogen (secondary N) is 1. The van der Waals surface area contributed by atoms with Crippen molar-refractivity contribution in [2.24, 2.45) is 0 Å². The third-order valence-electron chi connectivity index (χ3n) is 4.14. The second-order valence-corrected chi connectivity index (χ2v) is 6.71. The van der Waals surface area contributed by atoms with E-state index >= 15 is 0 Å². The van der Waals surface area contributed by atoms with Crippen molar-refractivity contribution in [1.82, 2.24) is 5.32 Å². The van der Waals surface area contributed by atoms with Gasteiger partial charge in [-0.25, -0.2) is 0 Å². The lowest BCUT2D eigenvalue weighted by atomic mass is 9.91. The highest BCUT2D eigenvalue weighted by Gasteiger charge is 2.21. The molecule has 0 radical (unpaired) electrons. The van der Waals surface area contributed by atoms with Crippen LogP contribution in [-0.2, 0) is 0 Å². The number of thioether (sulfide) groups is 1. The molecule has 0 saturated carbocycles. The third-order valence-corrected chi connectivity index (χ3v) is 5.27. The van der Waals surface area contributed by atoms with Gasteiger partial charge in [0.15, 0.2) is 11.5 Å². The molecule has 4 heteroatoms. The number of ether oxygens (including phenoxy) is 2. The highest BCUT2D eigenvalue weighted by Crippen LogP contribution is 2.35. The standard InChI is InChI=1S/C16H23NO2S/c1-18-15-5-4-12(13-3-2-7-17-10-13)9-16(15)19-14-6-8-20-11-14/h4-5,9,13-14,17H,2-3,6-8,10-11H2,1H3. The molecule has 2 aliphatic heterocycles. The molecule has 3 nitrogen and oxygen atoms in total. The minimum Gasteiger partial charge on any atom is -0.493 e. The maximum Gasteiger partial charge on any atom is 0.161 e. The molecule has 2 heterocycles. The predicted octanol–water partition coefficient (Wildman–Crippen LogP) is 3.05. The van der Waals surface area contributed by atoms with Gasteiger partial charge in [-0.3, -0.25) is 0 Å². The molecule has 2 aliphatic rings. The number of hydrogen-bond acceptors (Lipinski definition) is 4. The molecule has 1 N–H and O–H groups in total. The predicted molar refractivity (Wildman–Crippen MR) is 84.2 cm³/mol. The fraction of sp³-hybridized carbons (Fsp3) is 0.625. The molecule has 1 aromatic carbocycles. The summed E-state index contributed by atoms with van der Waals surface area (Å²) in [6, 6.07) is 6.44. The van der Waals surface area contributed by atoms with Crippen molar-refractivity contribution in [3.8, 4) is 11.5 Å². The van der Waals surface area contributed by atoms with Gasteiger partial charge in [0, 0.05) is 12.3 Å². The Kier molecular flexibility index (Phi) is 4.73. The van der Waals surface area contributed by atoms with Crippen LogP contribution in [0.3, 0.4) is 0 Å². The van der Waals surface area contributed by atoms with Crippen molar-refractivity contribution in [3.63, 3.8) is 0 Å². The van der Waals surface area contributed by atoms with Gasteiger partial charge in [0.2, 0.25) is 0 Å². The third kappa shape index (κ3) is 3.23. The summed E-state index contributed by atoms with van der Waals surface area (Å²) in [5, 5.41) is 3.48. The molecule has 0 aliphatic carbocycles. The Morgan fingerprint density at radius 1 is 1.25 bits per heavy atom. The average Bonchev–Trinajstić information content (AvgIpc) is 3.01. The first kappa shape index (κ1) is 14.1. The quantitative estimate of drug-likeness (QED) is 0.924. The lowest BCUT2D eigenvalue weighted by Crippen LogP contribution is -2.28. The van der Waals surface area contributed by atoms with Crippen molar-refractivity contribution in [3.05, 3.63) is 23.8 Å². The van der Waals surface area contributed by atoms with Gasteiger partial charge in [0.05, 0.1) is 7.11 Å². The maximum absolute atomic E-state index is 6.16. The molecular weight excluding hydrogens is 270 g/mol. The molecule has 0 spiro atoms. The van der Waals surface area contributed by atoms with E-state index in [0.29, 0.717) is 12.0 Å². The van der Waals surface area contributed by atoms with Crippen LogP contribution in [0.2, 0.25) is 0 Å². The summed E-state index contributed by atoms with van der Waals surface area (Å²) in [6.07, 6.45) is 4.00. The first-order valence-corrected chi connectivity index (χ1v) is 8.65. The summed E-state index contributed by atoms with van der Waals surface area (Å²) < 4.78 is 11.6. The van der Waals surface area contributed by atoms with Crippen LogP contribution in [0.5, 0.6) is 11.5 Å². The maximum atomic E-state index is 6.16. The molecule has 2 fully saturated rings. The van der Waals surface area contributed by atoms with E-state index in [0.717, 1.165) is 36.8 Å². The molecule has 1 aromatic rings. The summed E-state index contributed by atoms with van der Waals surface area (Å²) >= 11 is 1.97. The van der Waals surface area contributed by atoms with Gasteiger partial charge in [-0.15, -0.1) is 0 Å². The highest BCUT2D eigenvalue weighted by atomic mass is 32.2. The van der Waals surface area contributed by atoms with Crippen molar-refractivity contribution < 1.29 is 9.47 Å². The van der Waals surface area contributed by atoms with Crippen LogP contribution < -0.4 is 14.8 Å². The Hall–Kier alpha value is -0.870. The summed E-state index contributed by atoms with van der Waals surface area (Å²) in [7, 11) is 1.72. The van der Waals surface area contributed by atoms with Crippen LogP contribution in [0.1, 0.15) is 30.7 Å². The van der Waals surface area contributed by atoms with Crippen LogP contribution in [0.25, 0.3) is 0 Å². The highest BCUT2D eigenvalue weighted by molar-refractivity contribution is 7.99. The van der Waals surface area contributed by atoms with Crippen molar-refractivity contribution in [2.45, 2.75) is 31.3 Å². The number of rotatable bonds is 4. The Morgan fingerprint density at radius 3 is 2.90 bits per heavy atom. The number of benzene rings is 1. The number of piperidine rings is 1. The second kappa shape index (κ2) is 6.72. The van der Waals surface area contributed by atoms with Crippen LogP contribution in [0.15, 0.2) is 18.2 Å². The van der Waals surface area contributed by atoms with Crippen molar-refractivity contribution in [2.75, 3.05) is 31.7 Å². The molecule has 110 valence electrons. The minimum absolute atomic E-state index is 0.341. The van der Waals surface area contributed by atoms with Crippen LogP contribution in [0.4, 0.5) is 0 Å². The van der Waals surface area contributed by atoms with E-state index in [9.17, 15) is 0 Å². The Balaban J connectivity index is 1.78. The molecule has 0 bridgehead atoms. The van der Waals surface area contributed by atoms with Gasteiger partial charge >= 0.3 is 0 Å². The molecule has 20 heavy (non-hydrogen) atoms. The Labute approximate surface area is 125 Å². The number of methoxy groups -OCH3 is 1. The lowest BCUT2D eigenvalue weighted by Gasteiger charge is -2.24. The molecule has 2 atom stereocenters. The lowest BCUT2D eigenvalue weighted by molar-refractivity contribution is 0.218. The summed E-state index contributed by atoms with van der Waals surface area (Å²) in [4.78, 5) is 0. The molecule has 0 aromatic heterocycles. The molecule has 2 unspecified atom stereocenters. The van der Waals surface area contributed by atoms with Crippen LogP contribution in [-0.4, -0.2) is 37.8 Å². The monoisotopic (exact) mass is 293 g/mol. The Bertz CT molecular complexity index is 440. The zero-order chi connectivity index (χ0) is 13.8. The van der Waals surface area contributed by atoms with E-state index in [1.165, 1.54) is 24.2 Å². The summed E-state index contributed by atoms with van der Waals surface area (Å²) in [5.74, 6) is 4.69. The van der Waals surface area contributed by atoms with Gasteiger partial charge in [0.1, 0.15) is 6.10 Å². The molecule has 0 amide bonds. The van der Waals surface area contributed by atoms with Gasteiger partial charge in [-0.2, -0.15) is 11.8 Å². The SMILES string of the molecule is COc1ccc(C2CCCNC2)cc1OC1CCSC1.